The van der Waals surface area contributed by atoms with Gasteiger partial charge in [-0.25, -0.2) is 4.39 Å². The van der Waals surface area contributed by atoms with Crippen molar-refractivity contribution in [1.29, 1.82) is 0 Å². The third-order valence-corrected chi connectivity index (χ3v) is 4.14. The molecule has 1 aromatic carbocycles. The Morgan fingerprint density at radius 2 is 2.18 bits per heavy atom. The zero-order valence-electron chi connectivity index (χ0n) is 12.7. The molecule has 0 saturated heterocycles. The van der Waals surface area contributed by atoms with Crippen molar-refractivity contribution in [2.24, 2.45) is 17.6 Å². The van der Waals surface area contributed by atoms with Crippen LogP contribution in [0.5, 0.6) is 0 Å². The Morgan fingerprint density at radius 1 is 1.41 bits per heavy atom. The van der Waals surface area contributed by atoms with E-state index in [2.05, 4.69) is 5.32 Å². The number of hydrogen-bond acceptors (Lipinski definition) is 3. The normalized spacial score (nSPS) is 20.7. The van der Waals surface area contributed by atoms with E-state index in [0.29, 0.717) is 12.2 Å². The summed E-state index contributed by atoms with van der Waals surface area (Å²) in [6.45, 7) is 0.447. The van der Waals surface area contributed by atoms with Crippen molar-refractivity contribution in [1.82, 2.24) is 4.90 Å². The summed E-state index contributed by atoms with van der Waals surface area (Å²) < 4.78 is 13.1. The maximum atomic E-state index is 13.1. The number of nitrogens with zero attached hydrogens (tertiary/aromatic N) is 1. The Labute approximate surface area is 129 Å². The largest absolute Gasteiger partial charge is 0.336 e. The number of amides is 2. The Morgan fingerprint density at radius 3 is 2.86 bits per heavy atom. The van der Waals surface area contributed by atoms with E-state index in [1.165, 1.54) is 23.1 Å². The monoisotopic (exact) mass is 307 g/mol. The molecule has 1 saturated carbocycles. The van der Waals surface area contributed by atoms with Gasteiger partial charge in [-0.05, 0) is 43.5 Å². The maximum absolute atomic E-state index is 13.1. The van der Waals surface area contributed by atoms with Crippen LogP contribution in [-0.2, 0) is 9.59 Å². The highest BCUT2D eigenvalue weighted by molar-refractivity contribution is 5.94. The second-order valence-corrected chi connectivity index (χ2v) is 5.79. The fourth-order valence-electron chi connectivity index (χ4n) is 2.99. The number of benzene rings is 1. The van der Waals surface area contributed by atoms with Crippen molar-refractivity contribution in [3.8, 4) is 0 Å². The summed E-state index contributed by atoms with van der Waals surface area (Å²) >= 11 is 0. The van der Waals surface area contributed by atoms with E-state index in [0.717, 1.165) is 19.3 Å². The molecule has 5 nitrogen and oxygen atoms in total. The molecular formula is C16H22FN3O2. The zero-order chi connectivity index (χ0) is 16.1. The summed E-state index contributed by atoms with van der Waals surface area (Å²) in [6, 6.07) is 5.66. The van der Waals surface area contributed by atoms with Crippen LogP contribution in [0.25, 0.3) is 0 Å². The van der Waals surface area contributed by atoms with E-state index in [1.54, 1.807) is 13.1 Å². The minimum atomic E-state index is -0.418. The second kappa shape index (κ2) is 7.35. The first kappa shape index (κ1) is 16.4. The van der Waals surface area contributed by atoms with Crippen LogP contribution < -0.4 is 11.1 Å². The van der Waals surface area contributed by atoms with E-state index in [1.807, 2.05) is 0 Å². The van der Waals surface area contributed by atoms with Gasteiger partial charge in [0.25, 0.3) is 0 Å². The van der Waals surface area contributed by atoms with Crippen molar-refractivity contribution in [3.05, 3.63) is 30.1 Å². The van der Waals surface area contributed by atoms with Gasteiger partial charge in [0.05, 0.1) is 6.54 Å². The summed E-state index contributed by atoms with van der Waals surface area (Å²) in [5.74, 6) is -0.678. The van der Waals surface area contributed by atoms with Crippen LogP contribution in [0.1, 0.15) is 19.3 Å². The predicted molar refractivity (Wildman–Crippen MR) is 82.6 cm³/mol. The number of anilines is 1. The number of carbonyl (C=O) groups excluding carboxylic acids is 2. The third kappa shape index (κ3) is 4.04. The fourth-order valence-corrected chi connectivity index (χ4v) is 2.99. The smallest absolute Gasteiger partial charge is 0.243 e. The summed E-state index contributed by atoms with van der Waals surface area (Å²) in [5, 5.41) is 2.59. The molecule has 1 aliphatic carbocycles. The summed E-state index contributed by atoms with van der Waals surface area (Å²) in [5.41, 5.74) is 6.08. The molecule has 0 spiro atoms. The predicted octanol–water partition coefficient (Wildman–Crippen LogP) is 1.60. The molecule has 2 amide bonds. The maximum Gasteiger partial charge on any atom is 0.243 e. The zero-order valence-corrected chi connectivity index (χ0v) is 12.7. The second-order valence-electron chi connectivity index (χ2n) is 5.79. The molecule has 0 bridgehead atoms. The van der Waals surface area contributed by atoms with Crippen LogP contribution in [0, 0.1) is 17.7 Å². The topological polar surface area (TPSA) is 75.4 Å². The van der Waals surface area contributed by atoms with Gasteiger partial charge in [-0.3, -0.25) is 9.59 Å². The van der Waals surface area contributed by atoms with E-state index >= 15 is 0 Å². The molecule has 0 unspecified atom stereocenters. The number of halogens is 1. The molecule has 3 N–H and O–H groups in total. The van der Waals surface area contributed by atoms with Gasteiger partial charge < -0.3 is 16.0 Å². The number of nitrogens with two attached hydrogens (primary N) is 1. The molecule has 1 aromatic rings. The molecule has 6 heteroatoms. The van der Waals surface area contributed by atoms with Crippen molar-refractivity contribution in [2.45, 2.75) is 19.3 Å². The lowest BCUT2D eigenvalue weighted by Crippen LogP contribution is -2.40. The number of carbonyl (C=O) groups is 2. The lowest BCUT2D eigenvalue weighted by molar-refractivity contribution is -0.137. The molecule has 2 atom stereocenters. The highest BCUT2D eigenvalue weighted by Crippen LogP contribution is 2.32. The van der Waals surface area contributed by atoms with E-state index in [4.69, 9.17) is 5.73 Å². The molecule has 0 aliphatic heterocycles. The molecule has 120 valence electrons. The van der Waals surface area contributed by atoms with Crippen LogP contribution in [-0.4, -0.2) is 36.9 Å². The summed E-state index contributed by atoms with van der Waals surface area (Å²) in [6.07, 6.45) is 2.80. The van der Waals surface area contributed by atoms with Gasteiger partial charge in [0.15, 0.2) is 0 Å². The molecule has 22 heavy (non-hydrogen) atoms. The number of rotatable bonds is 5. The Bertz CT molecular complexity index is 550. The molecule has 0 aromatic heterocycles. The molecule has 1 aliphatic rings. The highest BCUT2D eigenvalue weighted by Gasteiger charge is 2.34. The highest BCUT2D eigenvalue weighted by atomic mass is 19.1. The minimum Gasteiger partial charge on any atom is -0.336 e. The van der Waals surface area contributed by atoms with Crippen molar-refractivity contribution < 1.29 is 14.0 Å². The molecule has 0 radical (unpaired) electrons. The van der Waals surface area contributed by atoms with Gasteiger partial charge >= 0.3 is 0 Å². The van der Waals surface area contributed by atoms with Gasteiger partial charge in [0.1, 0.15) is 5.82 Å². The number of nitrogens with one attached hydrogen (secondary N) is 1. The fraction of sp³-hybridized carbons (Fsp3) is 0.500. The van der Waals surface area contributed by atoms with Gasteiger partial charge in [-0.1, -0.05) is 12.5 Å². The summed E-state index contributed by atoms with van der Waals surface area (Å²) in [7, 11) is 1.61. The Hall–Kier alpha value is -1.95. The van der Waals surface area contributed by atoms with Gasteiger partial charge in [-0.15, -0.1) is 0 Å². The Kier molecular flexibility index (Phi) is 5.49. The van der Waals surface area contributed by atoms with Gasteiger partial charge in [0.2, 0.25) is 11.8 Å². The van der Waals surface area contributed by atoms with Crippen molar-refractivity contribution >= 4 is 17.5 Å². The van der Waals surface area contributed by atoms with Crippen LogP contribution >= 0.6 is 0 Å². The number of hydrogen-bond donors (Lipinski definition) is 2. The van der Waals surface area contributed by atoms with E-state index in [-0.39, 0.29) is 30.2 Å². The molecule has 2 rings (SSSR count). The van der Waals surface area contributed by atoms with Crippen LogP contribution in [0.4, 0.5) is 10.1 Å². The van der Waals surface area contributed by atoms with Crippen LogP contribution in [0.2, 0.25) is 0 Å². The molecule has 1 fully saturated rings. The first-order chi connectivity index (χ1) is 10.5. The average molecular weight is 307 g/mol. The first-order valence-electron chi connectivity index (χ1n) is 7.51. The third-order valence-electron chi connectivity index (χ3n) is 4.14. The van der Waals surface area contributed by atoms with Crippen LogP contribution in [0.3, 0.4) is 0 Å². The molecular weight excluding hydrogens is 285 g/mol. The van der Waals surface area contributed by atoms with Crippen molar-refractivity contribution in [3.63, 3.8) is 0 Å². The van der Waals surface area contributed by atoms with Crippen molar-refractivity contribution in [2.75, 3.05) is 25.5 Å². The van der Waals surface area contributed by atoms with Gasteiger partial charge in [0, 0.05) is 18.7 Å². The lowest BCUT2D eigenvalue weighted by Gasteiger charge is -2.24. The van der Waals surface area contributed by atoms with E-state index in [9.17, 15) is 14.0 Å². The minimum absolute atomic E-state index is 0.0395. The average Bonchev–Trinajstić information content (AvgIpc) is 2.94. The van der Waals surface area contributed by atoms with Gasteiger partial charge in [-0.2, -0.15) is 0 Å². The Balaban J connectivity index is 1.89. The quantitative estimate of drug-likeness (QED) is 0.867. The van der Waals surface area contributed by atoms with Crippen LogP contribution in [0.15, 0.2) is 24.3 Å². The summed E-state index contributed by atoms with van der Waals surface area (Å²) in [4.78, 5) is 25.8. The van der Waals surface area contributed by atoms with E-state index < -0.39 is 5.82 Å². The SMILES string of the molecule is CN(CC(=O)Nc1cccc(F)c1)C(=O)[C@@H]1CCC[C@@H]1CN. The first-order valence-corrected chi connectivity index (χ1v) is 7.51. The molecule has 0 heterocycles. The number of likely N-dealkylation sites (N-methyl/N-ethyl adjacent to an activating group) is 1. The lowest BCUT2D eigenvalue weighted by atomic mass is 9.95. The standard InChI is InChI=1S/C16H22FN3O2/c1-20(16(22)14-7-2-4-11(14)9-18)10-15(21)19-13-6-3-5-12(17)8-13/h3,5-6,8,11,14H,2,4,7,9-10,18H2,1H3,(H,19,21)/t11-,14-/m1/s1.